The lowest BCUT2D eigenvalue weighted by molar-refractivity contribution is -0.139. The Balaban J connectivity index is 0.534. The number of carbonyl (C=O) groups is 3. The molecule has 5 aromatic heterocycles. The molecule has 1 saturated carbocycles. The molecular formula is C56H78N20O9. The van der Waals surface area contributed by atoms with E-state index in [0.29, 0.717) is 101 Å². The molecule has 0 bridgehead atoms. The van der Waals surface area contributed by atoms with Gasteiger partial charge in [0, 0.05) is 87.6 Å². The zero-order chi connectivity index (χ0) is 59.2. The highest BCUT2D eigenvalue weighted by molar-refractivity contribution is 5.97. The maximum Gasteiger partial charge on any atom is 0.326 e. The van der Waals surface area contributed by atoms with Crippen LogP contribution in [0.15, 0.2) is 66.5 Å². The van der Waals surface area contributed by atoms with E-state index < -0.39 is 17.9 Å². The average molecular weight is 1180 g/mol. The summed E-state index contributed by atoms with van der Waals surface area (Å²) >= 11 is 0. The summed E-state index contributed by atoms with van der Waals surface area (Å²) in [6.45, 7) is 9.75. The fourth-order valence-electron chi connectivity index (χ4n) is 10.0. The third-order valence-electron chi connectivity index (χ3n) is 14.6. The van der Waals surface area contributed by atoms with Crippen LogP contribution in [0.3, 0.4) is 0 Å². The number of benzene rings is 1. The van der Waals surface area contributed by atoms with Crippen LogP contribution >= 0.6 is 0 Å². The summed E-state index contributed by atoms with van der Waals surface area (Å²) in [7, 11) is 1.83. The summed E-state index contributed by atoms with van der Waals surface area (Å²) in [6, 6.07) is 5.76. The van der Waals surface area contributed by atoms with Gasteiger partial charge in [0.2, 0.25) is 17.8 Å². The minimum atomic E-state index is -1.27. The summed E-state index contributed by atoms with van der Waals surface area (Å²) in [4.78, 5) is 78.1. The Kier molecular flexibility index (Phi) is 22.8. The third kappa shape index (κ3) is 18.9. The van der Waals surface area contributed by atoms with Gasteiger partial charge in [-0.05, 0) is 68.5 Å². The Labute approximate surface area is 492 Å². The van der Waals surface area contributed by atoms with E-state index in [-0.39, 0.29) is 49.2 Å². The summed E-state index contributed by atoms with van der Waals surface area (Å²) in [6.07, 6.45) is 17.4. The van der Waals surface area contributed by atoms with Gasteiger partial charge >= 0.3 is 5.97 Å². The van der Waals surface area contributed by atoms with Crippen LogP contribution in [0.1, 0.15) is 79.5 Å². The predicted octanol–water partition coefficient (Wildman–Crippen LogP) is 2.88. The van der Waals surface area contributed by atoms with Crippen molar-refractivity contribution in [2.75, 3.05) is 133 Å². The number of nitrogens with zero attached hydrogens (tertiary/aromatic N) is 13. The minimum Gasteiger partial charge on any atom is -0.480 e. The van der Waals surface area contributed by atoms with Crippen molar-refractivity contribution in [2.24, 2.45) is 0 Å². The summed E-state index contributed by atoms with van der Waals surface area (Å²) in [5.41, 5.74) is 18.8. The number of rotatable bonds is 34. The molecule has 29 nitrogen and oxygen atoms in total. The highest BCUT2D eigenvalue weighted by atomic mass is 16.6. The number of carbonyl (C=O) groups excluding carboxylic acids is 2. The van der Waals surface area contributed by atoms with Crippen LogP contribution in [-0.2, 0) is 52.9 Å². The smallest absolute Gasteiger partial charge is 0.326 e. The van der Waals surface area contributed by atoms with Crippen molar-refractivity contribution in [2.45, 2.75) is 89.5 Å². The number of amides is 2. The number of hydrogen-bond donors (Lipinski definition) is 8. The van der Waals surface area contributed by atoms with Crippen molar-refractivity contribution in [3.8, 4) is 0 Å². The lowest BCUT2D eigenvalue weighted by atomic mass is 9.95. The molecule has 2 aliphatic carbocycles. The first kappa shape index (κ1) is 61.3. The van der Waals surface area contributed by atoms with Crippen LogP contribution in [0.25, 0.3) is 22.3 Å². The molecule has 0 radical (unpaired) electrons. The molecule has 6 heterocycles. The Bertz CT molecular complexity index is 3180. The van der Waals surface area contributed by atoms with Gasteiger partial charge in [0.05, 0.1) is 103 Å². The number of carboxylic acid groups (broad SMARTS) is 1. The predicted molar refractivity (Wildman–Crippen MR) is 316 cm³/mol. The molecule has 1 aromatic carbocycles. The van der Waals surface area contributed by atoms with Crippen LogP contribution in [-0.4, -0.2) is 205 Å². The van der Waals surface area contributed by atoms with Crippen LogP contribution in [0, 0.1) is 0 Å². The Hall–Kier alpha value is -8.22. The molecule has 456 valence electrons. The van der Waals surface area contributed by atoms with Gasteiger partial charge in [0.25, 0.3) is 5.91 Å². The monoisotopic (exact) mass is 1170 g/mol. The van der Waals surface area contributed by atoms with E-state index in [9.17, 15) is 19.5 Å². The second-order valence-corrected chi connectivity index (χ2v) is 20.9. The van der Waals surface area contributed by atoms with E-state index in [1.54, 1.807) is 36.8 Å². The number of nitrogen functional groups attached to an aromatic ring is 2. The number of anilines is 5. The van der Waals surface area contributed by atoms with Gasteiger partial charge in [0.15, 0.2) is 28.4 Å². The van der Waals surface area contributed by atoms with E-state index in [1.165, 1.54) is 25.0 Å². The van der Waals surface area contributed by atoms with Gasteiger partial charge in [0.1, 0.15) is 11.6 Å². The van der Waals surface area contributed by atoms with Gasteiger partial charge in [-0.15, -0.1) is 5.10 Å². The minimum absolute atomic E-state index is 0.00925. The number of piperazine rings is 1. The summed E-state index contributed by atoms with van der Waals surface area (Å²) < 4.78 is 29.9. The Morgan fingerprint density at radius 1 is 0.800 bits per heavy atom. The number of aliphatic carboxylic acids is 1. The number of aromatic nitrogens is 11. The van der Waals surface area contributed by atoms with E-state index in [4.69, 9.17) is 45.1 Å². The molecular weight excluding hydrogens is 1100 g/mol. The third-order valence-corrected chi connectivity index (χ3v) is 14.6. The number of carboxylic acids is 1. The molecule has 2 fully saturated rings. The molecule has 0 spiro atoms. The van der Waals surface area contributed by atoms with Crippen molar-refractivity contribution in [1.82, 2.24) is 75.3 Å². The standard InChI is InChI=1S/C56H78N20O9/c1-73(34-41-33-60-50-47(63-41)49(57)67-55(58)68-50)43-11-7-38(8-12-43)53(78)66-45(54(79)80)15-16-46(77)59-17-23-81-25-27-83-29-31-85-32-30-84-28-26-82-24-22-76-36-42(71-72-76)35-74-18-20-75(21-19-74)44-13-9-40(10-14-44)65-56-69-51-48(61-37-62-51)52(70-56)64-39-5-3-2-4-6-39/h7-9,11-13,33,36-37,39,45H,2-6,10,14-32,34-35H2,1H3,(H,59,77)(H,66,78)(H,79,80)(H4,57,58,60,67,68)(H3,61,62,64,65,69,70)/t45-/m0/s1. The van der Waals surface area contributed by atoms with E-state index >= 15 is 0 Å². The quantitative estimate of drug-likeness (QED) is 0.0269. The second kappa shape index (κ2) is 31.6. The largest absolute Gasteiger partial charge is 0.480 e. The molecule has 0 unspecified atom stereocenters. The lowest BCUT2D eigenvalue weighted by Gasteiger charge is -2.37. The normalized spacial score (nSPS) is 15.4. The molecule has 1 atom stereocenters. The first-order valence-corrected chi connectivity index (χ1v) is 29.0. The van der Waals surface area contributed by atoms with Gasteiger partial charge in [-0.1, -0.05) is 24.5 Å². The zero-order valence-corrected chi connectivity index (χ0v) is 48.1. The number of nitrogens with one attached hydrogen (secondary N) is 5. The number of H-pyrrole nitrogens is 1. The number of hydrogen-bond acceptors (Lipinski definition) is 24. The topological polar surface area (TPSA) is 364 Å². The van der Waals surface area contributed by atoms with Crippen LogP contribution in [0.2, 0.25) is 0 Å². The maximum atomic E-state index is 13.0. The first-order valence-electron chi connectivity index (χ1n) is 29.0. The molecule has 6 aromatic rings. The van der Waals surface area contributed by atoms with Crippen molar-refractivity contribution < 1.29 is 43.2 Å². The van der Waals surface area contributed by atoms with E-state index in [1.807, 2.05) is 22.8 Å². The zero-order valence-electron chi connectivity index (χ0n) is 48.1. The number of nitrogens with two attached hydrogens (primary N) is 2. The van der Waals surface area contributed by atoms with Crippen molar-refractivity contribution in [1.29, 1.82) is 0 Å². The van der Waals surface area contributed by atoms with Crippen LogP contribution in [0.4, 0.5) is 29.2 Å². The highest BCUT2D eigenvalue weighted by Gasteiger charge is 2.24. The number of allylic oxidation sites excluding steroid dienone is 4. The van der Waals surface area contributed by atoms with Crippen molar-refractivity contribution in [3.05, 3.63) is 83.5 Å². The summed E-state index contributed by atoms with van der Waals surface area (Å²) in [5, 5.41) is 30.8. The average Bonchev–Trinajstić information content (AvgIpc) is 4.31. The molecule has 29 heteroatoms. The molecule has 3 aliphatic rings. The van der Waals surface area contributed by atoms with Gasteiger partial charge in [-0.25, -0.2) is 24.4 Å². The molecule has 1 saturated heterocycles. The van der Waals surface area contributed by atoms with Crippen LogP contribution < -0.4 is 37.6 Å². The van der Waals surface area contributed by atoms with E-state index in [2.05, 4.69) is 83.4 Å². The second-order valence-electron chi connectivity index (χ2n) is 20.9. The van der Waals surface area contributed by atoms with Gasteiger partial charge in [-0.3, -0.25) is 14.5 Å². The molecule has 85 heavy (non-hydrogen) atoms. The molecule has 10 N–H and O–H groups in total. The maximum absolute atomic E-state index is 13.0. The number of aromatic amines is 1. The van der Waals surface area contributed by atoms with Crippen molar-refractivity contribution in [3.63, 3.8) is 0 Å². The molecule has 2 amide bonds. The Morgan fingerprint density at radius 2 is 1.52 bits per heavy atom. The highest BCUT2D eigenvalue weighted by Crippen LogP contribution is 2.28. The molecule has 1 aliphatic heterocycles. The van der Waals surface area contributed by atoms with Gasteiger partial charge in [-0.2, -0.15) is 19.9 Å². The lowest BCUT2D eigenvalue weighted by Crippen LogP contribution is -2.45. The number of ether oxygens (including phenoxy) is 5. The van der Waals surface area contributed by atoms with Crippen molar-refractivity contribution >= 4 is 69.3 Å². The molecule has 9 rings (SSSR count). The SMILES string of the molecule is CN(Cc1cnc2nc(N)nc(N)c2n1)c1ccc(C(=O)N[C@@H](CCC(=O)NCCOCCOCCOCCOCCOCCn2cc(CN3CCN(C4=CC=C(Nc5nc(NC6CCCCC6)c6nc[nH]c6n5)CC4)CC3)nn2)C(=O)O)cc1. The summed E-state index contributed by atoms with van der Waals surface area (Å²) in [5.74, 6) is -0.691. The van der Waals surface area contributed by atoms with Crippen LogP contribution in [0.5, 0.6) is 0 Å². The van der Waals surface area contributed by atoms with E-state index in [0.717, 1.165) is 92.5 Å². The van der Waals surface area contributed by atoms with Gasteiger partial charge < -0.3 is 76.3 Å². The number of fused-ring (bicyclic) bond motifs is 2. The Morgan fingerprint density at radius 3 is 2.22 bits per heavy atom. The number of imidazole rings is 1. The fourth-order valence-corrected chi connectivity index (χ4v) is 10.0. The first-order chi connectivity index (χ1) is 41.5. The fraction of sp³-hybridized carbons (Fsp3) is 0.536.